The maximum atomic E-state index is 12.6. The molecule has 0 radical (unpaired) electrons. The molecular formula is C14H17Cl2NO2. The zero-order valence-electron chi connectivity index (χ0n) is 10.6. The van der Waals surface area contributed by atoms with Crippen LogP contribution >= 0.6 is 23.2 Å². The molecule has 1 saturated carbocycles. The van der Waals surface area contributed by atoms with Gasteiger partial charge in [0.2, 0.25) is 0 Å². The normalized spacial score (nSPS) is 15.7. The third-order valence-electron chi connectivity index (χ3n) is 3.55. The predicted octanol–water partition coefficient (Wildman–Crippen LogP) is 3.37. The van der Waals surface area contributed by atoms with Gasteiger partial charge < -0.3 is 10.0 Å². The predicted molar refractivity (Wildman–Crippen MR) is 76.8 cm³/mol. The molecule has 0 unspecified atom stereocenters. The number of aliphatic hydroxyl groups excluding tert-OH is 1. The first-order valence-electron chi connectivity index (χ1n) is 6.51. The van der Waals surface area contributed by atoms with E-state index in [1.165, 1.54) is 0 Å². The Morgan fingerprint density at radius 3 is 2.63 bits per heavy atom. The van der Waals surface area contributed by atoms with E-state index in [1.807, 2.05) is 0 Å². The van der Waals surface area contributed by atoms with E-state index in [0.29, 0.717) is 17.1 Å². The summed E-state index contributed by atoms with van der Waals surface area (Å²) in [4.78, 5) is 14.3. The van der Waals surface area contributed by atoms with Gasteiger partial charge in [0.05, 0.1) is 22.2 Å². The molecule has 1 aromatic carbocycles. The Balaban J connectivity index is 2.25. The van der Waals surface area contributed by atoms with Crippen molar-refractivity contribution in [2.24, 2.45) is 0 Å². The maximum Gasteiger partial charge on any atom is 0.255 e. The van der Waals surface area contributed by atoms with Crippen molar-refractivity contribution in [1.29, 1.82) is 0 Å². The van der Waals surface area contributed by atoms with Crippen molar-refractivity contribution in [3.05, 3.63) is 33.8 Å². The van der Waals surface area contributed by atoms with Crippen molar-refractivity contribution in [3.8, 4) is 0 Å². The molecule has 1 N–H and O–H groups in total. The minimum atomic E-state index is -0.145. The fourth-order valence-electron chi connectivity index (χ4n) is 2.60. The van der Waals surface area contributed by atoms with Crippen molar-refractivity contribution >= 4 is 29.1 Å². The first-order chi connectivity index (χ1) is 9.15. The van der Waals surface area contributed by atoms with Crippen LogP contribution in [0.4, 0.5) is 0 Å². The van der Waals surface area contributed by atoms with Crippen molar-refractivity contribution in [3.63, 3.8) is 0 Å². The summed E-state index contributed by atoms with van der Waals surface area (Å²) in [5.41, 5.74) is 0.412. The van der Waals surface area contributed by atoms with Crippen LogP contribution in [-0.4, -0.2) is 35.1 Å². The number of carbonyl (C=O) groups is 1. The maximum absolute atomic E-state index is 12.6. The summed E-state index contributed by atoms with van der Waals surface area (Å²) in [5, 5.41) is 9.83. The molecule has 1 fully saturated rings. The fraction of sp³-hybridized carbons (Fsp3) is 0.500. The summed E-state index contributed by atoms with van der Waals surface area (Å²) < 4.78 is 0. The molecule has 0 saturated heterocycles. The fourth-order valence-corrected chi connectivity index (χ4v) is 2.98. The van der Waals surface area contributed by atoms with E-state index in [2.05, 4.69) is 0 Å². The van der Waals surface area contributed by atoms with Crippen LogP contribution in [0, 0.1) is 0 Å². The van der Waals surface area contributed by atoms with Gasteiger partial charge in [0.1, 0.15) is 0 Å². The average molecular weight is 302 g/mol. The molecule has 0 heterocycles. The van der Waals surface area contributed by atoms with Crippen LogP contribution in [0.15, 0.2) is 18.2 Å². The number of halogens is 2. The van der Waals surface area contributed by atoms with Crippen LogP contribution in [-0.2, 0) is 0 Å². The van der Waals surface area contributed by atoms with E-state index in [0.717, 1.165) is 25.7 Å². The molecule has 0 aliphatic heterocycles. The van der Waals surface area contributed by atoms with Gasteiger partial charge in [0, 0.05) is 12.6 Å². The molecule has 19 heavy (non-hydrogen) atoms. The number of hydrogen-bond acceptors (Lipinski definition) is 2. The lowest BCUT2D eigenvalue weighted by Gasteiger charge is -2.28. The molecule has 1 amide bonds. The van der Waals surface area contributed by atoms with Crippen molar-refractivity contribution in [2.75, 3.05) is 13.2 Å². The Morgan fingerprint density at radius 2 is 2.00 bits per heavy atom. The number of nitrogens with zero attached hydrogens (tertiary/aromatic N) is 1. The molecule has 1 aliphatic carbocycles. The molecule has 3 nitrogen and oxygen atoms in total. The van der Waals surface area contributed by atoms with Gasteiger partial charge in [-0.25, -0.2) is 0 Å². The van der Waals surface area contributed by atoms with Crippen molar-refractivity contribution in [1.82, 2.24) is 4.90 Å². The van der Waals surface area contributed by atoms with Crippen LogP contribution in [0.25, 0.3) is 0 Å². The molecule has 1 aliphatic rings. The number of rotatable bonds is 4. The van der Waals surface area contributed by atoms with Gasteiger partial charge in [-0.05, 0) is 25.0 Å². The zero-order chi connectivity index (χ0) is 13.8. The van der Waals surface area contributed by atoms with Gasteiger partial charge >= 0.3 is 0 Å². The van der Waals surface area contributed by atoms with E-state index in [4.69, 9.17) is 28.3 Å². The second kappa shape index (κ2) is 6.60. The Kier molecular flexibility index (Phi) is 5.08. The largest absolute Gasteiger partial charge is 0.395 e. The Hall–Kier alpha value is -0.770. The lowest BCUT2D eigenvalue weighted by molar-refractivity contribution is 0.0638. The van der Waals surface area contributed by atoms with Gasteiger partial charge in [-0.2, -0.15) is 0 Å². The van der Waals surface area contributed by atoms with Gasteiger partial charge in [0.15, 0.2) is 0 Å². The van der Waals surface area contributed by atoms with Crippen LogP contribution < -0.4 is 0 Å². The van der Waals surface area contributed by atoms with Crippen molar-refractivity contribution in [2.45, 2.75) is 31.7 Å². The second-order valence-corrected chi connectivity index (χ2v) is 5.55. The Bertz CT molecular complexity index is 459. The van der Waals surface area contributed by atoms with Crippen molar-refractivity contribution < 1.29 is 9.90 Å². The monoisotopic (exact) mass is 301 g/mol. The van der Waals surface area contributed by atoms with Gasteiger partial charge in [-0.1, -0.05) is 42.1 Å². The topological polar surface area (TPSA) is 40.5 Å². The Labute approximate surface area is 123 Å². The molecule has 1 aromatic rings. The second-order valence-electron chi connectivity index (χ2n) is 4.76. The summed E-state index contributed by atoms with van der Waals surface area (Å²) >= 11 is 12.0. The summed E-state index contributed by atoms with van der Waals surface area (Å²) in [5.74, 6) is -0.145. The quantitative estimate of drug-likeness (QED) is 0.926. The van der Waals surface area contributed by atoms with E-state index < -0.39 is 0 Å². The molecule has 0 aromatic heterocycles. The highest BCUT2D eigenvalue weighted by molar-refractivity contribution is 6.43. The summed E-state index contributed by atoms with van der Waals surface area (Å²) in [6, 6.07) is 5.25. The third kappa shape index (κ3) is 3.22. The average Bonchev–Trinajstić information content (AvgIpc) is 2.92. The molecule has 0 spiro atoms. The highest BCUT2D eigenvalue weighted by Gasteiger charge is 2.28. The number of aliphatic hydroxyl groups is 1. The minimum absolute atomic E-state index is 0.0412. The number of carbonyl (C=O) groups excluding carboxylic acids is 1. The summed E-state index contributed by atoms with van der Waals surface area (Å²) in [6.45, 7) is 0.298. The third-order valence-corrected chi connectivity index (χ3v) is 4.37. The van der Waals surface area contributed by atoms with Gasteiger partial charge in [-0.3, -0.25) is 4.79 Å². The van der Waals surface area contributed by atoms with E-state index in [9.17, 15) is 4.79 Å². The number of amides is 1. The SMILES string of the molecule is O=C(c1cccc(Cl)c1Cl)N(CCO)C1CCCC1. The molecule has 2 rings (SSSR count). The summed E-state index contributed by atoms with van der Waals surface area (Å²) in [7, 11) is 0. The molecule has 0 atom stereocenters. The van der Waals surface area contributed by atoms with Crippen LogP contribution in [0.5, 0.6) is 0 Å². The first kappa shape index (κ1) is 14.6. The molecular weight excluding hydrogens is 285 g/mol. The number of benzene rings is 1. The Morgan fingerprint density at radius 1 is 1.32 bits per heavy atom. The molecule has 5 heteroatoms. The lowest BCUT2D eigenvalue weighted by atomic mass is 10.1. The van der Waals surface area contributed by atoms with Gasteiger partial charge in [0.25, 0.3) is 5.91 Å². The minimum Gasteiger partial charge on any atom is -0.395 e. The molecule has 104 valence electrons. The summed E-state index contributed by atoms with van der Waals surface area (Å²) in [6.07, 6.45) is 4.24. The van der Waals surface area contributed by atoms with E-state index in [1.54, 1.807) is 23.1 Å². The smallest absolute Gasteiger partial charge is 0.255 e. The van der Waals surface area contributed by atoms with E-state index >= 15 is 0 Å². The lowest BCUT2D eigenvalue weighted by Crippen LogP contribution is -2.40. The van der Waals surface area contributed by atoms with Crippen LogP contribution in [0.1, 0.15) is 36.0 Å². The van der Waals surface area contributed by atoms with Crippen LogP contribution in [0.3, 0.4) is 0 Å². The van der Waals surface area contributed by atoms with Gasteiger partial charge in [-0.15, -0.1) is 0 Å². The standard InChI is InChI=1S/C14H17Cl2NO2/c15-12-7-3-6-11(13(12)16)14(19)17(8-9-18)10-4-1-2-5-10/h3,6-7,10,18H,1-2,4-5,8-9H2. The molecule has 0 bridgehead atoms. The highest BCUT2D eigenvalue weighted by atomic mass is 35.5. The van der Waals surface area contributed by atoms with E-state index in [-0.39, 0.29) is 23.6 Å². The van der Waals surface area contributed by atoms with Crippen LogP contribution in [0.2, 0.25) is 10.0 Å². The highest BCUT2D eigenvalue weighted by Crippen LogP contribution is 2.29. The number of hydrogen-bond donors (Lipinski definition) is 1. The zero-order valence-corrected chi connectivity index (χ0v) is 12.1. The first-order valence-corrected chi connectivity index (χ1v) is 7.26.